The minimum atomic E-state index is -2.87. The third kappa shape index (κ3) is 20.8. The number of rotatable bonds is 5. The molecule has 0 amide bonds. The van der Waals surface area contributed by atoms with Crippen LogP contribution in [0.25, 0.3) is 0 Å². The topological polar surface area (TPSA) is 147 Å². The summed E-state index contributed by atoms with van der Waals surface area (Å²) in [4.78, 5) is 24.4. The van der Waals surface area contributed by atoms with Crippen molar-refractivity contribution in [3.8, 4) is 0 Å². The zero-order valence-electron chi connectivity index (χ0n) is 10.5. The van der Waals surface area contributed by atoms with Gasteiger partial charge in [0.1, 0.15) is 6.04 Å². The Kier molecular flexibility index (Phi) is 15.9. The van der Waals surface area contributed by atoms with Crippen molar-refractivity contribution in [3.05, 3.63) is 0 Å². The molecule has 1 saturated carbocycles. The Morgan fingerprint density at radius 1 is 1.17 bits per heavy atom. The zero-order valence-corrected chi connectivity index (χ0v) is 11.4. The van der Waals surface area contributed by atoms with Crippen molar-refractivity contribution < 1.29 is 24.3 Å². The second kappa shape index (κ2) is 14.5. The summed E-state index contributed by atoms with van der Waals surface area (Å²) >= 11 is 0. The summed E-state index contributed by atoms with van der Waals surface area (Å²) < 4.78 is 8.70. The minimum absolute atomic E-state index is 0.520. The molecule has 0 bridgehead atoms. The molecule has 0 spiro atoms. The van der Waals surface area contributed by atoms with Gasteiger partial charge < -0.3 is 16.6 Å². The molecule has 108 valence electrons. The maximum Gasteiger partial charge on any atom is 0.692 e. The summed E-state index contributed by atoms with van der Waals surface area (Å²) in [5.41, 5.74) is 10.4. The summed E-state index contributed by atoms with van der Waals surface area (Å²) in [6.45, 7) is 0.604. The second-order valence-corrected chi connectivity index (χ2v) is 4.40. The average Bonchev–Trinajstić information content (AvgIpc) is 2.14. The van der Waals surface area contributed by atoms with Crippen molar-refractivity contribution in [1.29, 1.82) is 0 Å². The molecule has 7 nitrogen and oxygen atoms in total. The standard InChI is InChI=1S/C6H14N2O2.C4H8.HO3P/c7-4-2-1-3-5(8)6(9)10;1-2-4-3-1;1-4(2)3/h5H,1-4,7-8H2,(H,9,10);1-4H2;(H-,1,2,3)/p+1. The van der Waals surface area contributed by atoms with Gasteiger partial charge in [0.2, 0.25) is 0 Å². The van der Waals surface area contributed by atoms with E-state index in [9.17, 15) is 4.79 Å². The van der Waals surface area contributed by atoms with E-state index >= 15 is 0 Å². The molecule has 1 aliphatic carbocycles. The van der Waals surface area contributed by atoms with Crippen LogP contribution in [0.5, 0.6) is 0 Å². The summed E-state index contributed by atoms with van der Waals surface area (Å²) in [5, 5.41) is 8.33. The predicted molar refractivity (Wildman–Crippen MR) is 69.0 cm³/mol. The predicted octanol–water partition coefficient (Wildman–Crippen LogP) is 0.716. The normalized spacial score (nSPS) is 14.0. The lowest BCUT2D eigenvalue weighted by atomic mass is 10.0. The van der Waals surface area contributed by atoms with E-state index in [1.165, 1.54) is 25.7 Å². The van der Waals surface area contributed by atoms with Crippen molar-refractivity contribution in [3.63, 3.8) is 0 Å². The van der Waals surface area contributed by atoms with Crippen molar-refractivity contribution in [1.82, 2.24) is 0 Å². The van der Waals surface area contributed by atoms with E-state index in [-0.39, 0.29) is 0 Å². The summed E-state index contributed by atoms with van der Waals surface area (Å²) in [6, 6.07) is -0.716. The van der Waals surface area contributed by atoms with Gasteiger partial charge in [-0.2, -0.15) is 0 Å². The van der Waals surface area contributed by atoms with Gasteiger partial charge in [-0.15, -0.1) is 9.79 Å². The largest absolute Gasteiger partial charge is 0.692 e. The van der Waals surface area contributed by atoms with Gasteiger partial charge >= 0.3 is 14.2 Å². The first-order valence-corrected chi connectivity index (χ1v) is 7.11. The molecule has 1 aliphatic rings. The fourth-order valence-electron chi connectivity index (χ4n) is 0.882. The molecule has 0 aliphatic heterocycles. The van der Waals surface area contributed by atoms with Crippen LogP contribution < -0.4 is 11.5 Å². The Labute approximate surface area is 108 Å². The van der Waals surface area contributed by atoms with E-state index in [1.54, 1.807) is 0 Å². The molecule has 0 aromatic heterocycles. The van der Waals surface area contributed by atoms with Crippen LogP contribution in [0.15, 0.2) is 0 Å². The van der Waals surface area contributed by atoms with Crippen LogP contribution >= 0.6 is 8.25 Å². The molecular formula is C10H24N2O5P+. The number of unbranched alkanes of at least 4 members (excludes halogenated alkanes) is 1. The molecule has 1 fully saturated rings. The highest BCUT2D eigenvalue weighted by atomic mass is 31.1. The highest BCUT2D eigenvalue weighted by Crippen LogP contribution is 2.15. The molecule has 7 N–H and O–H groups in total. The van der Waals surface area contributed by atoms with E-state index in [2.05, 4.69) is 0 Å². The van der Waals surface area contributed by atoms with Crippen molar-refractivity contribution in [2.24, 2.45) is 11.5 Å². The molecule has 0 aromatic carbocycles. The van der Waals surface area contributed by atoms with Crippen molar-refractivity contribution in [2.75, 3.05) is 6.54 Å². The Morgan fingerprint density at radius 2 is 1.56 bits per heavy atom. The zero-order chi connectivity index (χ0) is 14.4. The van der Waals surface area contributed by atoms with Gasteiger partial charge in [-0.3, -0.25) is 4.79 Å². The quantitative estimate of drug-likeness (QED) is 0.369. The molecule has 1 unspecified atom stereocenters. The van der Waals surface area contributed by atoms with E-state index in [1.807, 2.05) is 0 Å². The number of hydrogen-bond donors (Lipinski definition) is 5. The fourth-order valence-corrected chi connectivity index (χ4v) is 0.882. The Morgan fingerprint density at radius 3 is 1.78 bits per heavy atom. The average molecular weight is 283 g/mol. The molecule has 0 radical (unpaired) electrons. The van der Waals surface area contributed by atoms with Crippen molar-refractivity contribution >= 4 is 14.2 Å². The highest BCUT2D eigenvalue weighted by molar-refractivity contribution is 7.30. The number of carbonyl (C=O) groups is 1. The first kappa shape index (κ1) is 19.7. The van der Waals surface area contributed by atoms with Gasteiger partial charge in [0.25, 0.3) is 0 Å². The Hall–Kier alpha value is -0.590. The molecular weight excluding hydrogens is 259 g/mol. The lowest BCUT2D eigenvalue weighted by molar-refractivity contribution is -0.138. The number of hydrogen-bond acceptors (Lipinski definition) is 4. The Bertz CT molecular complexity index is 216. The van der Waals surface area contributed by atoms with E-state index in [0.717, 1.165) is 12.8 Å². The first-order valence-electron chi connectivity index (χ1n) is 5.95. The fraction of sp³-hybridized carbons (Fsp3) is 0.900. The monoisotopic (exact) mass is 283 g/mol. The van der Waals surface area contributed by atoms with Crippen molar-refractivity contribution in [2.45, 2.75) is 51.0 Å². The van der Waals surface area contributed by atoms with Gasteiger partial charge in [0.15, 0.2) is 0 Å². The van der Waals surface area contributed by atoms with E-state index in [0.29, 0.717) is 13.0 Å². The SMILES string of the molecule is C1CCC1.NCCCCC(N)C(=O)O.O=[P+](O)O. The molecule has 1 rings (SSSR count). The third-order valence-corrected chi connectivity index (χ3v) is 2.29. The van der Waals surface area contributed by atoms with Crippen LogP contribution in [0.2, 0.25) is 0 Å². The smallest absolute Gasteiger partial charge is 0.480 e. The lowest BCUT2D eigenvalue weighted by Crippen LogP contribution is -2.29. The van der Waals surface area contributed by atoms with Gasteiger partial charge in [0, 0.05) is 4.57 Å². The summed E-state index contributed by atoms with van der Waals surface area (Å²) in [5.74, 6) is -0.933. The van der Waals surface area contributed by atoms with Crippen LogP contribution in [0.3, 0.4) is 0 Å². The molecule has 0 aromatic rings. The summed E-state index contributed by atoms with van der Waals surface area (Å²) in [7, 11) is -2.87. The molecule has 18 heavy (non-hydrogen) atoms. The van der Waals surface area contributed by atoms with Crippen LogP contribution in [-0.4, -0.2) is 33.4 Å². The molecule has 0 saturated heterocycles. The van der Waals surface area contributed by atoms with Crippen LogP contribution in [0, 0.1) is 0 Å². The number of carboxylic acids is 1. The molecule has 0 heterocycles. The second-order valence-electron chi connectivity index (χ2n) is 3.90. The number of nitrogens with two attached hydrogens (primary N) is 2. The highest BCUT2D eigenvalue weighted by Gasteiger charge is 2.09. The van der Waals surface area contributed by atoms with Gasteiger partial charge in [-0.25, -0.2) is 0 Å². The van der Waals surface area contributed by atoms with Gasteiger partial charge in [-0.05, 0) is 19.4 Å². The maximum absolute atomic E-state index is 10.1. The van der Waals surface area contributed by atoms with Gasteiger partial charge in [0.05, 0.1) is 0 Å². The lowest BCUT2D eigenvalue weighted by Gasteiger charge is -2.05. The number of aliphatic carboxylic acids is 1. The van der Waals surface area contributed by atoms with Crippen LogP contribution in [0.4, 0.5) is 0 Å². The first-order chi connectivity index (χ1) is 8.41. The van der Waals surface area contributed by atoms with Crippen LogP contribution in [-0.2, 0) is 9.36 Å². The van der Waals surface area contributed by atoms with E-state index in [4.69, 9.17) is 30.9 Å². The van der Waals surface area contributed by atoms with E-state index < -0.39 is 20.3 Å². The van der Waals surface area contributed by atoms with Gasteiger partial charge in [-0.1, -0.05) is 32.1 Å². The molecule has 8 heteroatoms. The Balaban J connectivity index is 0. The molecule has 1 atom stereocenters. The third-order valence-electron chi connectivity index (χ3n) is 2.29. The minimum Gasteiger partial charge on any atom is -0.480 e. The summed E-state index contributed by atoms with van der Waals surface area (Å²) in [6.07, 6.45) is 8.16. The number of carboxylic acid groups (broad SMARTS) is 1. The van der Waals surface area contributed by atoms with Crippen LogP contribution in [0.1, 0.15) is 44.9 Å². The maximum atomic E-state index is 10.1.